The molecule has 0 radical (unpaired) electrons. The number of nitrogens with zero attached hydrogens (tertiary/aromatic N) is 1. The average Bonchev–Trinajstić information content (AvgIpc) is 2.46. The maximum Gasteiger partial charge on any atom is 0.170 e. The fourth-order valence-electron chi connectivity index (χ4n) is 2.11. The van der Waals surface area contributed by atoms with E-state index in [1.165, 1.54) is 11.1 Å². The number of hydrogen-bond acceptors (Lipinski definition) is 3. The maximum absolute atomic E-state index is 8.66. The molecule has 0 amide bonds. The minimum atomic E-state index is 0.0470. The van der Waals surface area contributed by atoms with Crippen molar-refractivity contribution in [1.29, 1.82) is 0 Å². The third-order valence-electron chi connectivity index (χ3n) is 3.31. The molecule has 21 heavy (non-hydrogen) atoms. The standard InChI is InChI=1S/C16H18ClN3O/c1-10-3-6-15(11(2)7-10)19-9-13-5-4-12(8-14(13)17)16(18)20-21/h3-8,19,21H,9H2,1-2H3,(H2,18,20). The van der Waals surface area contributed by atoms with Crippen LogP contribution in [0.25, 0.3) is 0 Å². The Kier molecular flexibility index (Phi) is 4.70. The molecule has 0 fully saturated rings. The summed E-state index contributed by atoms with van der Waals surface area (Å²) < 4.78 is 0. The molecule has 0 spiro atoms. The number of hydrogen-bond donors (Lipinski definition) is 3. The molecule has 0 saturated carbocycles. The Balaban J connectivity index is 2.13. The average molecular weight is 304 g/mol. The van der Waals surface area contributed by atoms with Gasteiger partial charge in [0.25, 0.3) is 0 Å². The zero-order valence-electron chi connectivity index (χ0n) is 12.0. The highest BCUT2D eigenvalue weighted by atomic mass is 35.5. The lowest BCUT2D eigenvalue weighted by molar-refractivity contribution is 0.318. The molecule has 0 aliphatic carbocycles. The molecule has 110 valence electrons. The normalized spacial score (nSPS) is 11.5. The van der Waals surface area contributed by atoms with E-state index in [1.807, 2.05) is 6.07 Å². The zero-order valence-corrected chi connectivity index (χ0v) is 12.8. The summed E-state index contributed by atoms with van der Waals surface area (Å²) in [7, 11) is 0. The van der Waals surface area contributed by atoms with Crippen LogP contribution in [0, 0.1) is 13.8 Å². The molecule has 0 bridgehead atoms. The van der Waals surface area contributed by atoms with Crippen LogP contribution in [0.15, 0.2) is 41.6 Å². The lowest BCUT2D eigenvalue weighted by Gasteiger charge is -2.12. The monoisotopic (exact) mass is 303 g/mol. The molecule has 4 nitrogen and oxygen atoms in total. The van der Waals surface area contributed by atoms with Gasteiger partial charge >= 0.3 is 0 Å². The zero-order chi connectivity index (χ0) is 15.4. The molecule has 0 aromatic heterocycles. The second-order valence-electron chi connectivity index (χ2n) is 4.96. The van der Waals surface area contributed by atoms with Gasteiger partial charge in [0.2, 0.25) is 0 Å². The van der Waals surface area contributed by atoms with E-state index in [0.29, 0.717) is 17.1 Å². The smallest absolute Gasteiger partial charge is 0.170 e. The maximum atomic E-state index is 8.66. The summed E-state index contributed by atoms with van der Waals surface area (Å²) in [4.78, 5) is 0. The number of aryl methyl sites for hydroxylation is 2. The molecule has 0 aliphatic heterocycles. The Hall–Kier alpha value is -2.20. The molecule has 2 aromatic carbocycles. The number of nitrogens with one attached hydrogen (secondary N) is 1. The molecule has 2 aromatic rings. The van der Waals surface area contributed by atoms with Crippen molar-refractivity contribution in [3.05, 3.63) is 63.7 Å². The highest BCUT2D eigenvalue weighted by Crippen LogP contribution is 2.21. The number of nitrogens with two attached hydrogens (primary N) is 1. The van der Waals surface area contributed by atoms with E-state index in [4.69, 9.17) is 22.5 Å². The molecular formula is C16H18ClN3O. The lowest BCUT2D eigenvalue weighted by atomic mass is 10.1. The highest BCUT2D eigenvalue weighted by Gasteiger charge is 2.06. The largest absolute Gasteiger partial charge is 0.409 e. The van der Waals surface area contributed by atoms with Crippen LogP contribution < -0.4 is 11.1 Å². The molecule has 0 saturated heterocycles. The second kappa shape index (κ2) is 6.50. The summed E-state index contributed by atoms with van der Waals surface area (Å²) in [6.07, 6.45) is 0. The molecule has 0 unspecified atom stereocenters. The summed E-state index contributed by atoms with van der Waals surface area (Å²) in [5, 5.41) is 15.6. The Morgan fingerprint density at radius 1 is 1.24 bits per heavy atom. The number of halogens is 1. The second-order valence-corrected chi connectivity index (χ2v) is 5.37. The fourth-order valence-corrected chi connectivity index (χ4v) is 2.36. The van der Waals surface area contributed by atoms with E-state index >= 15 is 0 Å². The van der Waals surface area contributed by atoms with Crippen molar-refractivity contribution in [2.75, 3.05) is 5.32 Å². The van der Waals surface area contributed by atoms with E-state index in [-0.39, 0.29) is 5.84 Å². The molecule has 5 heteroatoms. The first-order chi connectivity index (χ1) is 10.0. The Morgan fingerprint density at radius 2 is 2.00 bits per heavy atom. The minimum Gasteiger partial charge on any atom is -0.409 e. The van der Waals surface area contributed by atoms with E-state index in [2.05, 4.69) is 42.5 Å². The van der Waals surface area contributed by atoms with Crippen LogP contribution in [0.4, 0.5) is 5.69 Å². The summed E-state index contributed by atoms with van der Waals surface area (Å²) in [6.45, 7) is 4.75. The van der Waals surface area contributed by atoms with Gasteiger partial charge in [0, 0.05) is 22.8 Å². The number of rotatable bonds is 4. The third kappa shape index (κ3) is 3.67. The van der Waals surface area contributed by atoms with Crippen molar-refractivity contribution in [2.45, 2.75) is 20.4 Å². The predicted molar refractivity (Wildman–Crippen MR) is 87.2 cm³/mol. The Bertz CT molecular complexity index is 683. The predicted octanol–water partition coefficient (Wildman–Crippen LogP) is 3.66. The van der Waals surface area contributed by atoms with Crippen LogP contribution in [0.3, 0.4) is 0 Å². The Labute approximate surface area is 129 Å². The SMILES string of the molecule is Cc1ccc(NCc2ccc(/C(N)=N/O)cc2Cl)c(C)c1. The van der Waals surface area contributed by atoms with Crippen molar-refractivity contribution in [1.82, 2.24) is 0 Å². The number of anilines is 1. The van der Waals surface area contributed by atoms with Crippen LogP contribution in [0.5, 0.6) is 0 Å². The topological polar surface area (TPSA) is 70.6 Å². The van der Waals surface area contributed by atoms with Crippen LogP contribution in [0.1, 0.15) is 22.3 Å². The minimum absolute atomic E-state index is 0.0470. The van der Waals surface area contributed by atoms with Crippen LogP contribution in [0.2, 0.25) is 5.02 Å². The van der Waals surface area contributed by atoms with Crippen LogP contribution >= 0.6 is 11.6 Å². The summed E-state index contributed by atoms with van der Waals surface area (Å²) in [5.74, 6) is 0.0470. The van der Waals surface area contributed by atoms with E-state index in [9.17, 15) is 0 Å². The summed E-state index contributed by atoms with van der Waals surface area (Å²) in [5.41, 5.74) is 10.6. The van der Waals surface area contributed by atoms with Gasteiger partial charge in [-0.3, -0.25) is 0 Å². The van der Waals surface area contributed by atoms with Gasteiger partial charge in [-0.1, -0.05) is 46.6 Å². The van der Waals surface area contributed by atoms with E-state index in [0.717, 1.165) is 11.3 Å². The first-order valence-corrected chi connectivity index (χ1v) is 6.96. The van der Waals surface area contributed by atoms with Gasteiger partial charge in [-0.15, -0.1) is 0 Å². The van der Waals surface area contributed by atoms with Crippen molar-refractivity contribution in [2.24, 2.45) is 10.9 Å². The highest BCUT2D eigenvalue weighted by molar-refractivity contribution is 6.31. The quantitative estimate of drug-likeness (QED) is 0.349. The summed E-state index contributed by atoms with van der Waals surface area (Å²) >= 11 is 6.23. The van der Waals surface area contributed by atoms with Crippen molar-refractivity contribution < 1.29 is 5.21 Å². The fraction of sp³-hybridized carbons (Fsp3) is 0.188. The number of oxime groups is 1. The molecular weight excluding hydrogens is 286 g/mol. The number of amidine groups is 1. The van der Waals surface area contributed by atoms with Crippen LogP contribution in [-0.2, 0) is 6.54 Å². The molecule has 4 N–H and O–H groups in total. The third-order valence-corrected chi connectivity index (χ3v) is 3.66. The molecule has 0 aliphatic rings. The first kappa shape index (κ1) is 15.2. The van der Waals surface area contributed by atoms with Gasteiger partial charge < -0.3 is 16.3 Å². The molecule has 2 rings (SSSR count). The van der Waals surface area contributed by atoms with Crippen molar-refractivity contribution in [3.63, 3.8) is 0 Å². The van der Waals surface area contributed by atoms with Crippen molar-refractivity contribution >= 4 is 23.1 Å². The van der Waals surface area contributed by atoms with Crippen LogP contribution in [-0.4, -0.2) is 11.0 Å². The van der Waals surface area contributed by atoms with Gasteiger partial charge in [-0.25, -0.2) is 0 Å². The lowest BCUT2D eigenvalue weighted by Crippen LogP contribution is -2.13. The molecule has 0 heterocycles. The summed E-state index contributed by atoms with van der Waals surface area (Å²) in [6, 6.07) is 11.6. The van der Waals surface area contributed by atoms with Gasteiger partial charge in [0.15, 0.2) is 5.84 Å². The van der Waals surface area contributed by atoms with Gasteiger partial charge in [-0.05, 0) is 37.1 Å². The van der Waals surface area contributed by atoms with E-state index < -0.39 is 0 Å². The van der Waals surface area contributed by atoms with Gasteiger partial charge in [0.1, 0.15) is 0 Å². The van der Waals surface area contributed by atoms with E-state index in [1.54, 1.807) is 12.1 Å². The Morgan fingerprint density at radius 3 is 2.62 bits per heavy atom. The van der Waals surface area contributed by atoms with Crippen molar-refractivity contribution in [3.8, 4) is 0 Å². The first-order valence-electron chi connectivity index (χ1n) is 6.58. The van der Waals surface area contributed by atoms with Gasteiger partial charge in [-0.2, -0.15) is 0 Å². The molecule has 0 atom stereocenters. The number of benzene rings is 2. The van der Waals surface area contributed by atoms with Gasteiger partial charge in [0.05, 0.1) is 0 Å².